The molecule has 0 spiro atoms. The minimum atomic E-state index is -0.333. The zero-order chi connectivity index (χ0) is 20.1. The highest BCUT2D eigenvalue weighted by Gasteiger charge is 2.18. The molecule has 1 saturated heterocycles. The molecule has 0 atom stereocenters. The number of rotatable bonds is 5. The van der Waals surface area contributed by atoms with E-state index < -0.39 is 0 Å². The number of carbonyl (C=O) groups is 1. The van der Waals surface area contributed by atoms with E-state index in [-0.39, 0.29) is 12.7 Å². The van der Waals surface area contributed by atoms with Gasteiger partial charge >= 0.3 is 6.09 Å². The number of nitrogens with one attached hydrogen (secondary N) is 1. The molecule has 1 N–H and O–H groups in total. The highest BCUT2D eigenvalue weighted by molar-refractivity contribution is 7.15. The summed E-state index contributed by atoms with van der Waals surface area (Å²) < 4.78 is 10.6. The molecule has 150 valence electrons. The number of aryl methyl sites for hydroxylation is 1. The summed E-state index contributed by atoms with van der Waals surface area (Å²) in [4.78, 5) is 27.9. The van der Waals surface area contributed by atoms with Crippen LogP contribution in [0.15, 0.2) is 42.7 Å². The van der Waals surface area contributed by atoms with Gasteiger partial charge in [-0.1, -0.05) is 6.07 Å². The number of morpholine rings is 1. The first-order valence-electron chi connectivity index (χ1n) is 9.29. The third-order valence-electron chi connectivity index (χ3n) is 4.32. The van der Waals surface area contributed by atoms with Crippen LogP contribution < -0.4 is 5.32 Å². The molecule has 29 heavy (non-hydrogen) atoms. The Morgan fingerprint density at radius 1 is 1.24 bits per heavy atom. The molecule has 1 aliphatic heterocycles. The molecular weight excluding hydrogens is 390 g/mol. The molecule has 0 saturated carbocycles. The molecule has 1 fully saturated rings. The summed E-state index contributed by atoms with van der Waals surface area (Å²) in [7, 11) is 0. The van der Waals surface area contributed by atoms with Crippen LogP contribution in [0.3, 0.4) is 0 Å². The van der Waals surface area contributed by atoms with Crippen LogP contribution in [-0.4, -0.2) is 52.2 Å². The van der Waals surface area contributed by atoms with Gasteiger partial charge in [-0.2, -0.15) is 0 Å². The number of hydrogen-bond donors (Lipinski definition) is 1. The van der Waals surface area contributed by atoms with Gasteiger partial charge in [-0.3, -0.25) is 0 Å². The molecule has 4 rings (SSSR count). The predicted octanol–water partition coefficient (Wildman–Crippen LogP) is 3.62. The molecule has 0 aromatic carbocycles. The Morgan fingerprint density at radius 3 is 2.93 bits per heavy atom. The first-order chi connectivity index (χ1) is 14.2. The maximum atomic E-state index is 12.1. The lowest BCUT2D eigenvalue weighted by molar-refractivity contribution is 0.0249. The van der Waals surface area contributed by atoms with E-state index in [9.17, 15) is 4.79 Å². The molecule has 0 aliphatic carbocycles. The van der Waals surface area contributed by atoms with Crippen LogP contribution in [0.2, 0.25) is 0 Å². The zero-order valence-corrected chi connectivity index (χ0v) is 16.8. The lowest BCUT2D eigenvalue weighted by Crippen LogP contribution is -2.40. The second-order valence-electron chi connectivity index (χ2n) is 6.52. The van der Waals surface area contributed by atoms with Gasteiger partial charge in [0.15, 0.2) is 0 Å². The quantitative estimate of drug-likeness (QED) is 0.686. The van der Waals surface area contributed by atoms with E-state index in [1.54, 1.807) is 17.3 Å². The van der Waals surface area contributed by atoms with E-state index >= 15 is 0 Å². The molecule has 4 heterocycles. The van der Waals surface area contributed by atoms with Crippen molar-refractivity contribution in [3.05, 3.63) is 53.3 Å². The van der Waals surface area contributed by atoms with Gasteiger partial charge in [-0.25, -0.2) is 19.7 Å². The number of ether oxygens (including phenoxy) is 2. The molecule has 1 amide bonds. The van der Waals surface area contributed by atoms with Crippen LogP contribution in [0.5, 0.6) is 0 Å². The molecule has 9 heteroatoms. The van der Waals surface area contributed by atoms with Gasteiger partial charge in [-0.15, -0.1) is 11.3 Å². The van der Waals surface area contributed by atoms with Gasteiger partial charge in [-0.05, 0) is 36.8 Å². The average molecular weight is 411 g/mol. The highest BCUT2D eigenvalue weighted by atomic mass is 32.1. The van der Waals surface area contributed by atoms with Crippen molar-refractivity contribution < 1.29 is 14.3 Å². The van der Waals surface area contributed by atoms with Crippen molar-refractivity contribution in [2.45, 2.75) is 13.5 Å². The average Bonchev–Trinajstić information content (AvgIpc) is 3.22. The molecule has 1 aliphatic rings. The van der Waals surface area contributed by atoms with E-state index in [4.69, 9.17) is 9.47 Å². The first kappa shape index (κ1) is 19.3. The Morgan fingerprint density at radius 2 is 2.10 bits per heavy atom. The Balaban J connectivity index is 1.39. The number of amides is 1. The topological polar surface area (TPSA) is 89.5 Å². The fourth-order valence-corrected chi connectivity index (χ4v) is 3.63. The summed E-state index contributed by atoms with van der Waals surface area (Å²) in [6.45, 7) is 4.37. The minimum Gasteiger partial charge on any atom is -0.442 e. The van der Waals surface area contributed by atoms with Gasteiger partial charge in [0.1, 0.15) is 23.3 Å². The first-order valence-corrected chi connectivity index (χ1v) is 10.1. The lowest BCUT2D eigenvalue weighted by atomic mass is 10.3. The largest absolute Gasteiger partial charge is 0.442 e. The van der Waals surface area contributed by atoms with Gasteiger partial charge in [0.25, 0.3) is 0 Å². The van der Waals surface area contributed by atoms with Gasteiger partial charge in [0, 0.05) is 25.5 Å². The van der Waals surface area contributed by atoms with Crippen molar-refractivity contribution >= 4 is 29.1 Å². The molecule has 0 unspecified atom stereocenters. The summed E-state index contributed by atoms with van der Waals surface area (Å²) >= 11 is 1.45. The molecule has 8 nitrogen and oxygen atoms in total. The summed E-state index contributed by atoms with van der Waals surface area (Å²) in [6, 6.07) is 9.64. The van der Waals surface area contributed by atoms with Crippen LogP contribution in [0, 0.1) is 6.92 Å². The fraction of sp³-hybridized carbons (Fsp3) is 0.300. The Labute approximate surface area is 172 Å². The van der Waals surface area contributed by atoms with Crippen molar-refractivity contribution in [2.75, 3.05) is 31.6 Å². The van der Waals surface area contributed by atoms with Gasteiger partial charge in [0.05, 0.1) is 23.8 Å². The normalized spacial score (nSPS) is 13.9. The summed E-state index contributed by atoms with van der Waals surface area (Å²) in [5.41, 5.74) is 1.92. The van der Waals surface area contributed by atoms with Crippen LogP contribution in [0.1, 0.15) is 10.6 Å². The Bertz CT molecular complexity index is 988. The van der Waals surface area contributed by atoms with E-state index in [2.05, 4.69) is 20.3 Å². The Hall–Kier alpha value is -3.04. The monoisotopic (exact) mass is 411 g/mol. The third kappa shape index (κ3) is 5.07. The van der Waals surface area contributed by atoms with Gasteiger partial charge in [0.2, 0.25) is 0 Å². The number of nitrogens with zero attached hydrogens (tertiary/aromatic N) is 4. The zero-order valence-electron chi connectivity index (χ0n) is 16.0. The van der Waals surface area contributed by atoms with Crippen LogP contribution in [-0.2, 0) is 16.1 Å². The molecule has 0 bridgehead atoms. The maximum absolute atomic E-state index is 12.1. The van der Waals surface area contributed by atoms with Crippen molar-refractivity contribution in [3.8, 4) is 10.6 Å². The number of thiazole rings is 1. The van der Waals surface area contributed by atoms with Crippen molar-refractivity contribution in [2.24, 2.45) is 0 Å². The number of pyridine rings is 2. The smallest absolute Gasteiger partial charge is 0.410 e. The van der Waals surface area contributed by atoms with Crippen molar-refractivity contribution in [3.63, 3.8) is 0 Å². The maximum Gasteiger partial charge on any atom is 0.410 e. The molecule has 0 radical (unpaired) electrons. The highest BCUT2D eigenvalue weighted by Crippen LogP contribution is 2.26. The van der Waals surface area contributed by atoms with Crippen molar-refractivity contribution in [1.82, 2.24) is 19.9 Å². The van der Waals surface area contributed by atoms with E-state index in [1.165, 1.54) is 11.3 Å². The number of aromatic nitrogens is 3. The Kier molecular flexibility index (Phi) is 5.97. The minimum absolute atomic E-state index is 0.145. The second-order valence-corrected chi connectivity index (χ2v) is 7.64. The van der Waals surface area contributed by atoms with Crippen LogP contribution >= 0.6 is 11.3 Å². The number of carbonyl (C=O) groups excluding carboxylic acids is 1. The number of hydrogen-bond acceptors (Lipinski definition) is 8. The summed E-state index contributed by atoms with van der Waals surface area (Å²) in [6.07, 6.45) is 3.18. The summed E-state index contributed by atoms with van der Waals surface area (Å²) in [5, 5.41) is 3.94. The SMILES string of the molecule is Cc1ccnc(Nc2cccc(-c3cnc(COC(=O)N4CCOCC4)s3)n2)c1. The summed E-state index contributed by atoms with van der Waals surface area (Å²) in [5.74, 6) is 1.45. The molecule has 3 aromatic heterocycles. The van der Waals surface area contributed by atoms with E-state index in [0.29, 0.717) is 32.1 Å². The third-order valence-corrected chi connectivity index (χ3v) is 5.31. The number of anilines is 2. The molecular formula is C20H21N5O3S. The fourth-order valence-electron chi connectivity index (χ4n) is 2.83. The van der Waals surface area contributed by atoms with E-state index in [1.807, 2.05) is 37.3 Å². The van der Waals surface area contributed by atoms with E-state index in [0.717, 1.165) is 27.0 Å². The van der Waals surface area contributed by atoms with Crippen LogP contribution in [0.4, 0.5) is 16.4 Å². The lowest BCUT2D eigenvalue weighted by Gasteiger charge is -2.25. The van der Waals surface area contributed by atoms with Gasteiger partial charge < -0.3 is 19.7 Å². The second kappa shape index (κ2) is 8.97. The van der Waals surface area contributed by atoms with Crippen molar-refractivity contribution in [1.29, 1.82) is 0 Å². The van der Waals surface area contributed by atoms with Crippen LogP contribution in [0.25, 0.3) is 10.6 Å². The predicted molar refractivity (Wildman–Crippen MR) is 110 cm³/mol. The standard InChI is InChI=1S/C20H21N5O3S/c1-14-5-6-21-18(11-14)24-17-4-2-3-15(23-17)16-12-22-19(29-16)13-28-20(26)25-7-9-27-10-8-25/h2-6,11-12H,7-10,13H2,1H3,(H,21,23,24). The molecule has 3 aromatic rings.